The fourth-order valence-corrected chi connectivity index (χ4v) is 2.56. The summed E-state index contributed by atoms with van der Waals surface area (Å²) in [5, 5.41) is 0. The van der Waals surface area contributed by atoms with Crippen molar-refractivity contribution < 1.29 is 9.53 Å². The molecule has 108 valence electrons. The minimum Gasteiger partial charge on any atom is -0.458 e. The number of hydrogen-bond donors (Lipinski definition) is 1. The summed E-state index contributed by atoms with van der Waals surface area (Å²) in [5.74, 6) is -0.433. The van der Waals surface area contributed by atoms with E-state index < -0.39 is 17.6 Å². The first-order valence-electron chi connectivity index (χ1n) is 6.05. The molecule has 0 fully saturated rings. The number of carbonyl (C=O) groups excluding carboxylic acids is 1. The standard InChI is InChI=1S/C12H16N4O3S/c1-6(9(17)19-12(2,3)4)16-8-7(20-11(16)18)5-14-10(13)15-8/h5-6H,1-4H3,(H2,13,14,15). The Hall–Kier alpha value is -1.96. The fourth-order valence-electron chi connectivity index (χ4n) is 1.68. The molecular weight excluding hydrogens is 280 g/mol. The lowest BCUT2D eigenvalue weighted by Crippen LogP contribution is -2.32. The molecule has 8 heteroatoms. The van der Waals surface area contributed by atoms with E-state index in [0.29, 0.717) is 10.3 Å². The second kappa shape index (κ2) is 4.86. The number of ether oxygens (including phenoxy) is 1. The first-order valence-corrected chi connectivity index (χ1v) is 6.87. The molecule has 0 aliphatic heterocycles. The van der Waals surface area contributed by atoms with Crippen LogP contribution in [0.1, 0.15) is 33.7 Å². The van der Waals surface area contributed by atoms with E-state index in [0.717, 1.165) is 11.3 Å². The van der Waals surface area contributed by atoms with Gasteiger partial charge < -0.3 is 10.5 Å². The maximum Gasteiger partial charge on any atom is 0.329 e. The number of anilines is 1. The van der Waals surface area contributed by atoms with E-state index in [2.05, 4.69) is 9.97 Å². The number of carbonyl (C=O) groups is 1. The summed E-state index contributed by atoms with van der Waals surface area (Å²) in [4.78, 5) is 31.7. The third-order valence-corrected chi connectivity index (χ3v) is 3.39. The number of thiazole rings is 1. The molecule has 2 N–H and O–H groups in total. The van der Waals surface area contributed by atoms with Gasteiger partial charge in [0.25, 0.3) is 0 Å². The molecule has 0 radical (unpaired) electrons. The molecule has 20 heavy (non-hydrogen) atoms. The Bertz CT molecular complexity index is 714. The summed E-state index contributed by atoms with van der Waals surface area (Å²) in [7, 11) is 0. The van der Waals surface area contributed by atoms with Gasteiger partial charge in [0.15, 0.2) is 5.65 Å². The van der Waals surface area contributed by atoms with Gasteiger partial charge in [0.2, 0.25) is 5.95 Å². The molecule has 0 aliphatic carbocycles. The summed E-state index contributed by atoms with van der Waals surface area (Å²) in [6.07, 6.45) is 1.47. The van der Waals surface area contributed by atoms with E-state index in [1.165, 1.54) is 10.8 Å². The summed E-state index contributed by atoms with van der Waals surface area (Å²) >= 11 is 0.970. The van der Waals surface area contributed by atoms with E-state index in [-0.39, 0.29) is 10.8 Å². The Morgan fingerprint density at radius 2 is 2.15 bits per heavy atom. The Morgan fingerprint density at radius 1 is 1.50 bits per heavy atom. The highest BCUT2D eigenvalue weighted by molar-refractivity contribution is 7.16. The highest BCUT2D eigenvalue weighted by atomic mass is 32.1. The lowest BCUT2D eigenvalue weighted by molar-refractivity contribution is -0.158. The lowest BCUT2D eigenvalue weighted by Gasteiger charge is -2.22. The van der Waals surface area contributed by atoms with E-state index in [1.54, 1.807) is 27.7 Å². The van der Waals surface area contributed by atoms with Gasteiger partial charge in [0, 0.05) is 0 Å². The number of nitrogens with zero attached hydrogens (tertiary/aromatic N) is 3. The molecule has 1 unspecified atom stereocenters. The van der Waals surface area contributed by atoms with Gasteiger partial charge in [0.1, 0.15) is 11.6 Å². The van der Waals surface area contributed by atoms with Crippen LogP contribution in [-0.2, 0) is 9.53 Å². The average Bonchev–Trinajstić information content (AvgIpc) is 2.61. The second-order valence-electron chi connectivity index (χ2n) is 5.36. The first kappa shape index (κ1) is 14.4. The maximum absolute atomic E-state index is 12.1. The van der Waals surface area contributed by atoms with Crippen molar-refractivity contribution in [2.24, 2.45) is 0 Å². The average molecular weight is 296 g/mol. The monoisotopic (exact) mass is 296 g/mol. The third-order valence-electron chi connectivity index (χ3n) is 2.51. The van der Waals surface area contributed by atoms with Crippen LogP contribution in [0.2, 0.25) is 0 Å². The van der Waals surface area contributed by atoms with Crippen LogP contribution in [0.25, 0.3) is 10.3 Å². The molecule has 0 bridgehead atoms. The van der Waals surface area contributed by atoms with Crippen molar-refractivity contribution in [2.45, 2.75) is 39.3 Å². The van der Waals surface area contributed by atoms with Gasteiger partial charge in [-0.05, 0) is 27.7 Å². The predicted octanol–water partition coefficient (Wildman–Crippen LogP) is 1.34. The van der Waals surface area contributed by atoms with Crippen LogP contribution in [0.15, 0.2) is 11.0 Å². The molecule has 1 atom stereocenters. The van der Waals surface area contributed by atoms with Crippen LogP contribution in [0.3, 0.4) is 0 Å². The topological polar surface area (TPSA) is 100 Å². The number of hydrogen-bond acceptors (Lipinski definition) is 7. The molecule has 0 saturated heterocycles. The number of aromatic nitrogens is 3. The van der Waals surface area contributed by atoms with Crippen LogP contribution in [0, 0.1) is 0 Å². The zero-order valence-electron chi connectivity index (χ0n) is 11.7. The Morgan fingerprint density at radius 3 is 2.75 bits per heavy atom. The van der Waals surface area contributed by atoms with Crippen LogP contribution < -0.4 is 10.6 Å². The van der Waals surface area contributed by atoms with Crippen molar-refractivity contribution in [3.8, 4) is 0 Å². The van der Waals surface area contributed by atoms with Gasteiger partial charge in [-0.25, -0.2) is 9.78 Å². The number of esters is 1. The van der Waals surface area contributed by atoms with Crippen LogP contribution >= 0.6 is 11.3 Å². The van der Waals surface area contributed by atoms with Gasteiger partial charge >= 0.3 is 10.8 Å². The second-order valence-corrected chi connectivity index (χ2v) is 6.36. The summed E-state index contributed by atoms with van der Waals surface area (Å²) in [6, 6.07) is -0.773. The number of nitrogen functional groups attached to an aromatic ring is 1. The quantitative estimate of drug-likeness (QED) is 0.839. The van der Waals surface area contributed by atoms with E-state index in [1.807, 2.05) is 0 Å². The molecule has 7 nitrogen and oxygen atoms in total. The van der Waals surface area contributed by atoms with Gasteiger partial charge in [-0.15, -0.1) is 0 Å². The SMILES string of the molecule is CC(C(=O)OC(C)(C)C)n1c(=O)sc2cnc(N)nc21. The van der Waals surface area contributed by atoms with Gasteiger partial charge in [-0.2, -0.15) is 4.98 Å². The highest BCUT2D eigenvalue weighted by Gasteiger charge is 2.26. The Labute approximate surface area is 119 Å². The lowest BCUT2D eigenvalue weighted by atomic mass is 10.2. The van der Waals surface area contributed by atoms with Crippen molar-refractivity contribution in [3.05, 3.63) is 15.9 Å². The molecular formula is C12H16N4O3S. The zero-order chi connectivity index (χ0) is 15.1. The molecule has 2 aromatic rings. The minimum atomic E-state index is -0.773. The normalized spacial score (nSPS) is 13.4. The molecule has 0 aromatic carbocycles. The maximum atomic E-state index is 12.1. The van der Waals surface area contributed by atoms with Gasteiger partial charge in [-0.3, -0.25) is 9.36 Å². The van der Waals surface area contributed by atoms with Crippen LogP contribution in [0.5, 0.6) is 0 Å². The summed E-state index contributed by atoms with van der Waals surface area (Å²) in [5.41, 5.74) is 5.27. The summed E-state index contributed by atoms with van der Waals surface area (Å²) in [6.45, 7) is 6.91. The van der Waals surface area contributed by atoms with E-state index in [4.69, 9.17) is 10.5 Å². The number of rotatable bonds is 2. The van der Waals surface area contributed by atoms with Gasteiger partial charge in [-0.1, -0.05) is 11.3 Å². The molecule has 0 spiro atoms. The molecule has 0 amide bonds. The largest absolute Gasteiger partial charge is 0.458 e. The highest BCUT2D eigenvalue weighted by Crippen LogP contribution is 2.21. The van der Waals surface area contributed by atoms with Crippen molar-refractivity contribution in [1.29, 1.82) is 0 Å². The zero-order valence-corrected chi connectivity index (χ0v) is 12.5. The van der Waals surface area contributed by atoms with E-state index >= 15 is 0 Å². The minimum absolute atomic E-state index is 0.0560. The molecule has 0 saturated carbocycles. The van der Waals surface area contributed by atoms with Gasteiger partial charge in [0.05, 0.1) is 10.9 Å². The molecule has 2 aromatic heterocycles. The summed E-state index contributed by atoms with van der Waals surface area (Å²) < 4.78 is 7.16. The Balaban J connectivity index is 2.47. The molecule has 0 aliphatic rings. The van der Waals surface area contributed by atoms with E-state index in [9.17, 15) is 9.59 Å². The molecule has 2 rings (SSSR count). The number of fused-ring (bicyclic) bond motifs is 1. The van der Waals surface area contributed by atoms with Crippen LogP contribution in [0.4, 0.5) is 5.95 Å². The van der Waals surface area contributed by atoms with Crippen molar-refractivity contribution in [1.82, 2.24) is 14.5 Å². The predicted molar refractivity (Wildman–Crippen MR) is 76.6 cm³/mol. The van der Waals surface area contributed by atoms with Crippen molar-refractivity contribution in [3.63, 3.8) is 0 Å². The van der Waals surface area contributed by atoms with Crippen molar-refractivity contribution >= 4 is 33.6 Å². The first-order chi connectivity index (χ1) is 9.19. The van der Waals surface area contributed by atoms with Crippen molar-refractivity contribution in [2.75, 3.05) is 5.73 Å². The fraction of sp³-hybridized carbons (Fsp3) is 0.500. The molecule has 2 heterocycles. The Kier molecular flexibility index (Phi) is 3.51. The van der Waals surface area contributed by atoms with Crippen LogP contribution in [-0.4, -0.2) is 26.1 Å². The number of nitrogens with two attached hydrogens (primary N) is 1. The smallest absolute Gasteiger partial charge is 0.329 e. The third kappa shape index (κ3) is 2.79.